The molecule has 0 saturated heterocycles. The Kier molecular flexibility index (Phi) is 5.24. The molecule has 0 fully saturated rings. The zero-order chi connectivity index (χ0) is 17.0. The van der Waals surface area contributed by atoms with E-state index in [0.29, 0.717) is 0 Å². The van der Waals surface area contributed by atoms with Crippen LogP contribution in [0.25, 0.3) is 10.9 Å². The maximum atomic E-state index is 12.0. The number of para-hydroxylation sites is 1. The lowest BCUT2D eigenvalue weighted by Gasteiger charge is -2.14. The van der Waals surface area contributed by atoms with E-state index in [4.69, 9.17) is 4.84 Å². The van der Waals surface area contributed by atoms with Crippen LogP contribution in [0.3, 0.4) is 0 Å². The molecule has 23 heavy (non-hydrogen) atoms. The molecule has 0 aliphatic carbocycles. The molecule has 0 spiro atoms. The summed E-state index contributed by atoms with van der Waals surface area (Å²) in [6, 6.07) is 10.3. The molecule has 0 atom stereocenters. The van der Waals surface area contributed by atoms with Crippen molar-refractivity contribution in [2.45, 2.75) is 47.0 Å². The van der Waals surface area contributed by atoms with Crippen molar-refractivity contribution in [2.75, 3.05) is 0 Å². The summed E-state index contributed by atoms with van der Waals surface area (Å²) in [6.45, 7) is 7.62. The van der Waals surface area contributed by atoms with Gasteiger partial charge in [-0.25, -0.2) is 4.79 Å². The van der Waals surface area contributed by atoms with Crippen molar-refractivity contribution in [3.8, 4) is 0 Å². The number of aryl methyl sites for hydroxylation is 1. The van der Waals surface area contributed by atoms with Gasteiger partial charge in [-0.2, -0.15) is 0 Å². The number of aromatic nitrogens is 1. The highest BCUT2D eigenvalue weighted by atomic mass is 16.7. The molecule has 0 radical (unpaired) electrons. The van der Waals surface area contributed by atoms with Crippen molar-refractivity contribution in [3.05, 3.63) is 36.0 Å². The highest BCUT2D eigenvalue weighted by Crippen LogP contribution is 2.21. The average Bonchev–Trinajstić information content (AvgIpc) is 2.84. The zero-order valence-corrected chi connectivity index (χ0v) is 14.7. The van der Waals surface area contributed by atoms with Gasteiger partial charge in [-0.05, 0) is 45.7 Å². The molecule has 0 unspecified atom stereocenters. The van der Waals surface area contributed by atoms with Crippen molar-refractivity contribution in [2.24, 2.45) is 17.6 Å². The third kappa shape index (κ3) is 4.01. The molecule has 1 heterocycles. The van der Waals surface area contributed by atoms with Crippen LogP contribution in [0.4, 0.5) is 0 Å². The van der Waals surface area contributed by atoms with Gasteiger partial charge in [-0.3, -0.25) is 0 Å². The van der Waals surface area contributed by atoms with Crippen molar-refractivity contribution >= 4 is 22.6 Å². The van der Waals surface area contributed by atoms with Gasteiger partial charge in [0, 0.05) is 18.0 Å². The van der Waals surface area contributed by atoms with E-state index < -0.39 is 5.41 Å². The first-order valence-electron chi connectivity index (χ1n) is 8.17. The summed E-state index contributed by atoms with van der Waals surface area (Å²) in [5.41, 5.74) is 2.41. The first-order valence-corrected chi connectivity index (χ1v) is 8.17. The van der Waals surface area contributed by atoms with Gasteiger partial charge in [0.2, 0.25) is 0 Å². The second-order valence-corrected chi connectivity index (χ2v) is 6.92. The molecule has 1 aromatic heterocycles. The van der Waals surface area contributed by atoms with Gasteiger partial charge in [-0.1, -0.05) is 36.7 Å². The second-order valence-electron chi connectivity index (χ2n) is 6.92. The Bertz CT molecular complexity index is 721. The molecule has 124 valence electrons. The smallest absolute Gasteiger partial charge is 0.340 e. The van der Waals surface area contributed by atoms with Gasteiger partial charge in [0.25, 0.3) is 0 Å². The second kappa shape index (κ2) is 6.99. The quantitative estimate of drug-likeness (QED) is 0.457. The lowest BCUT2D eigenvalue weighted by molar-refractivity contribution is -0.152. The van der Waals surface area contributed by atoms with Crippen molar-refractivity contribution in [1.29, 1.82) is 0 Å². The maximum Gasteiger partial charge on any atom is 0.340 e. The molecule has 1 aromatic carbocycles. The van der Waals surface area contributed by atoms with E-state index in [2.05, 4.69) is 34.8 Å². The highest BCUT2D eigenvalue weighted by Gasteiger charge is 2.24. The van der Waals surface area contributed by atoms with Crippen molar-refractivity contribution in [3.63, 3.8) is 0 Å². The molecular formula is C19H26N2O2. The minimum atomic E-state index is -0.557. The Morgan fingerprint density at radius 1 is 1.26 bits per heavy atom. The van der Waals surface area contributed by atoms with Crippen molar-refractivity contribution in [1.82, 2.24) is 4.57 Å². The molecule has 4 nitrogen and oxygen atoms in total. The fourth-order valence-electron chi connectivity index (χ4n) is 2.36. The number of carbonyl (C=O) groups is 1. The Hall–Kier alpha value is -2.10. The summed E-state index contributed by atoms with van der Waals surface area (Å²) in [4.78, 5) is 17.2. The summed E-state index contributed by atoms with van der Waals surface area (Å²) < 4.78 is 2.11. The predicted octanol–water partition coefficient (Wildman–Crippen LogP) is 4.66. The summed E-state index contributed by atoms with van der Waals surface area (Å²) in [7, 11) is 2.02. The van der Waals surface area contributed by atoms with Gasteiger partial charge >= 0.3 is 5.97 Å². The lowest BCUT2D eigenvalue weighted by atomic mass is 9.98. The van der Waals surface area contributed by atoms with Crippen LogP contribution in [0, 0.1) is 5.41 Å². The number of fused-ring (bicyclic) bond motifs is 1. The molecule has 2 aromatic rings. The predicted molar refractivity (Wildman–Crippen MR) is 94.5 cm³/mol. The maximum absolute atomic E-state index is 12.0. The highest BCUT2D eigenvalue weighted by molar-refractivity contribution is 6.03. The van der Waals surface area contributed by atoms with Crippen LogP contribution in [0.5, 0.6) is 0 Å². The summed E-state index contributed by atoms with van der Waals surface area (Å²) in [5, 5.41) is 5.36. The third-order valence-corrected chi connectivity index (χ3v) is 3.87. The van der Waals surface area contributed by atoms with Crippen LogP contribution < -0.4 is 0 Å². The molecular weight excluding hydrogens is 288 g/mol. The Morgan fingerprint density at radius 3 is 2.57 bits per heavy atom. The van der Waals surface area contributed by atoms with Crippen LogP contribution in [-0.4, -0.2) is 16.2 Å². The van der Waals surface area contributed by atoms with E-state index in [-0.39, 0.29) is 5.97 Å². The van der Waals surface area contributed by atoms with Crippen LogP contribution in [-0.2, 0) is 16.7 Å². The number of carbonyl (C=O) groups excluding carboxylic acids is 1. The minimum absolute atomic E-state index is 0.315. The third-order valence-electron chi connectivity index (χ3n) is 3.87. The van der Waals surface area contributed by atoms with E-state index >= 15 is 0 Å². The van der Waals surface area contributed by atoms with Crippen LogP contribution in [0.2, 0.25) is 0 Å². The Morgan fingerprint density at radius 2 is 1.96 bits per heavy atom. The standard InChI is InChI=1S/C19H26N2O2/c1-6-7-11-15(20-23-18(22)19(2,3)4)17-13-14-10-8-9-12-16(14)21(17)5/h8-10,12-13H,6-7,11H2,1-5H3. The summed E-state index contributed by atoms with van der Waals surface area (Å²) >= 11 is 0. The number of benzene rings is 1. The molecule has 0 saturated carbocycles. The largest absolute Gasteiger partial charge is 0.343 e. The number of unbranched alkanes of at least 4 members (excludes halogenated alkanes) is 1. The number of hydrogen-bond donors (Lipinski definition) is 0. The minimum Gasteiger partial charge on any atom is -0.343 e. The van der Waals surface area contributed by atoms with Gasteiger partial charge in [0.1, 0.15) is 5.71 Å². The molecule has 0 aliphatic heterocycles. The normalized spacial score (nSPS) is 12.7. The van der Waals surface area contributed by atoms with Gasteiger partial charge in [-0.15, -0.1) is 0 Å². The molecule has 0 amide bonds. The van der Waals surface area contributed by atoms with Gasteiger partial charge in [0.15, 0.2) is 0 Å². The molecule has 4 heteroatoms. The van der Waals surface area contributed by atoms with Crippen LogP contribution >= 0.6 is 0 Å². The number of oxime groups is 1. The van der Waals surface area contributed by atoms with Gasteiger partial charge in [0.05, 0.1) is 11.1 Å². The van der Waals surface area contributed by atoms with Gasteiger partial charge < -0.3 is 9.40 Å². The van der Waals surface area contributed by atoms with Crippen LogP contribution in [0.1, 0.15) is 52.7 Å². The lowest BCUT2D eigenvalue weighted by Crippen LogP contribution is -2.22. The monoisotopic (exact) mass is 314 g/mol. The van der Waals surface area contributed by atoms with E-state index in [1.807, 2.05) is 40.0 Å². The molecule has 0 aliphatic rings. The van der Waals surface area contributed by atoms with E-state index in [0.717, 1.165) is 41.6 Å². The number of rotatable bonds is 5. The molecule has 0 bridgehead atoms. The molecule has 2 rings (SSSR count). The first kappa shape index (κ1) is 17.3. The number of nitrogens with zero attached hydrogens (tertiary/aromatic N) is 2. The SMILES string of the molecule is CCCCC(=NOC(=O)C(C)(C)C)c1cc2ccccc2n1C. The Balaban J connectivity index is 2.37. The van der Waals surface area contributed by atoms with Crippen LogP contribution in [0.15, 0.2) is 35.5 Å². The number of hydrogen-bond acceptors (Lipinski definition) is 3. The van der Waals surface area contributed by atoms with Crippen molar-refractivity contribution < 1.29 is 9.63 Å². The van der Waals surface area contributed by atoms with E-state index in [1.165, 1.54) is 0 Å². The van der Waals surface area contributed by atoms with E-state index in [9.17, 15) is 4.79 Å². The fourth-order valence-corrected chi connectivity index (χ4v) is 2.36. The fraction of sp³-hybridized carbons (Fsp3) is 0.474. The van der Waals surface area contributed by atoms with E-state index in [1.54, 1.807) is 0 Å². The molecule has 0 N–H and O–H groups in total. The summed E-state index contributed by atoms with van der Waals surface area (Å²) in [6.07, 6.45) is 2.86. The summed E-state index contributed by atoms with van der Waals surface area (Å²) in [5.74, 6) is -0.315. The first-order chi connectivity index (χ1) is 10.8. The Labute approximate surface area is 138 Å². The average molecular weight is 314 g/mol. The zero-order valence-electron chi connectivity index (χ0n) is 14.7. The topological polar surface area (TPSA) is 43.6 Å².